The molecule has 0 radical (unpaired) electrons. The van der Waals surface area contributed by atoms with Crippen LogP contribution in [0.2, 0.25) is 0 Å². The van der Waals surface area contributed by atoms with Crippen molar-refractivity contribution in [3.8, 4) is 5.75 Å². The SMILES string of the molecule is CC[C@H](C)NC(=O)[C@@H]1CC(c2cccc(OC)c2)=NO1. The van der Waals surface area contributed by atoms with Crippen LogP contribution in [0.4, 0.5) is 0 Å². The standard InChI is InChI=1S/C15H20N2O3/c1-4-10(2)16-15(18)14-9-13(17-20-14)11-6-5-7-12(8-11)19-3/h5-8,10,14H,4,9H2,1-3H3,(H,16,18)/t10-,14-/m0/s1. The summed E-state index contributed by atoms with van der Waals surface area (Å²) in [5, 5.41) is 6.92. The summed E-state index contributed by atoms with van der Waals surface area (Å²) in [6, 6.07) is 7.72. The van der Waals surface area contributed by atoms with Crippen molar-refractivity contribution in [2.75, 3.05) is 7.11 Å². The summed E-state index contributed by atoms with van der Waals surface area (Å²) in [5.74, 6) is 0.652. The van der Waals surface area contributed by atoms with E-state index in [2.05, 4.69) is 10.5 Å². The molecule has 0 spiro atoms. The Labute approximate surface area is 118 Å². The first kappa shape index (κ1) is 14.4. The minimum atomic E-state index is -0.537. The van der Waals surface area contributed by atoms with Crippen LogP contribution in [0.3, 0.4) is 0 Å². The van der Waals surface area contributed by atoms with Crippen molar-refractivity contribution in [2.45, 2.75) is 38.8 Å². The number of nitrogens with one attached hydrogen (secondary N) is 1. The van der Waals surface area contributed by atoms with E-state index in [0.717, 1.165) is 23.4 Å². The molecule has 5 nitrogen and oxygen atoms in total. The van der Waals surface area contributed by atoms with Gasteiger partial charge in [0.2, 0.25) is 6.10 Å². The van der Waals surface area contributed by atoms with Crippen molar-refractivity contribution in [3.63, 3.8) is 0 Å². The van der Waals surface area contributed by atoms with Gasteiger partial charge in [-0.05, 0) is 25.5 Å². The highest BCUT2D eigenvalue weighted by molar-refractivity contribution is 6.04. The Morgan fingerprint density at radius 3 is 3.10 bits per heavy atom. The van der Waals surface area contributed by atoms with E-state index in [1.54, 1.807) is 7.11 Å². The zero-order chi connectivity index (χ0) is 14.5. The van der Waals surface area contributed by atoms with Crippen LogP contribution in [0.25, 0.3) is 0 Å². The summed E-state index contributed by atoms with van der Waals surface area (Å²) >= 11 is 0. The van der Waals surface area contributed by atoms with Gasteiger partial charge in [0, 0.05) is 18.0 Å². The van der Waals surface area contributed by atoms with Crippen LogP contribution in [0, 0.1) is 0 Å². The van der Waals surface area contributed by atoms with E-state index < -0.39 is 6.10 Å². The van der Waals surface area contributed by atoms with Crippen LogP contribution >= 0.6 is 0 Å². The molecular formula is C15H20N2O3. The highest BCUT2D eigenvalue weighted by Gasteiger charge is 2.29. The molecule has 2 atom stereocenters. The van der Waals surface area contributed by atoms with E-state index in [0.29, 0.717) is 6.42 Å². The molecule has 0 saturated carbocycles. The van der Waals surface area contributed by atoms with Crippen LogP contribution in [0.1, 0.15) is 32.3 Å². The molecule has 0 fully saturated rings. The molecule has 0 unspecified atom stereocenters. The average Bonchev–Trinajstić information content (AvgIpc) is 2.97. The molecule has 1 aromatic carbocycles. The summed E-state index contributed by atoms with van der Waals surface area (Å²) < 4.78 is 5.18. The Morgan fingerprint density at radius 2 is 2.40 bits per heavy atom. The smallest absolute Gasteiger partial charge is 0.264 e. The van der Waals surface area contributed by atoms with Gasteiger partial charge in [-0.25, -0.2) is 0 Å². The number of carbonyl (C=O) groups is 1. The Morgan fingerprint density at radius 1 is 1.60 bits per heavy atom. The van der Waals surface area contributed by atoms with Gasteiger partial charge in [0.05, 0.1) is 12.8 Å². The summed E-state index contributed by atoms with van der Waals surface area (Å²) in [7, 11) is 1.62. The van der Waals surface area contributed by atoms with E-state index >= 15 is 0 Å². The predicted octanol–water partition coefficient (Wildman–Crippen LogP) is 2.10. The lowest BCUT2D eigenvalue weighted by Gasteiger charge is -2.14. The maximum Gasteiger partial charge on any atom is 0.264 e. The van der Waals surface area contributed by atoms with Gasteiger partial charge in [-0.2, -0.15) is 0 Å². The zero-order valence-corrected chi connectivity index (χ0v) is 12.1. The van der Waals surface area contributed by atoms with E-state index in [4.69, 9.17) is 9.57 Å². The van der Waals surface area contributed by atoms with E-state index in [1.807, 2.05) is 38.1 Å². The molecule has 0 bridgehead atoms. The normalized spacial score (nSPS) is 18.9. The summed E-state index contributed by atoms with van der Waals surface area (Å²) in [6.45, 7) is 4.00. The van der Waals surface area contributed by atoms with E-state index in [1.165, 1.54) is 0 Å². The maximum absolute atomic E-state index is 12.0. The number of hydrogen-bond acceptors (Lipinski definition) is 4. The number of oxime groups is 1. The Kier molecular flexibility index (Phi) is 4.61. The molecule has 1 aromatic rings. The lowest BCUT2D eigenvalue weighted by atomic mass is 10.0. The third-order valence-electron chi connectivity index (χ3n) is 3.37. The van der Waals surface area contributed by atoms with Crippen molar-refractivity contribution < 1.29 is 14.4 Å². The monoisotopic (exact) mass is 276 g/mol. The van der Waals surface area contributed by atoms with Crippen molar-refractivity contribution in [3.05, 3.63) is 29.8 Å². The molecule has 1 amide bonds. The summed E-state index contributed by atoms with van der Waals surface area (Å²) in [4.78, 5) is 17.2. The number of rotatable bonds is 5. The second-order valence-electron chi connectivity index (χ2n) is 4.89. The molecule has 20 heavy (non-hydrogen) atoms. The van der Waals surface area contributed by atoms with Crippen LogP contribution in [-0.4, -0.2) is 30.9 Å². The number of methoxy groups -OCH3 is 1. The Hall–Kier alpha value is -2.04. The third-order valence-corrected chi connectivity index (χ3v) is 3.37. The first-order valence-corrected chi connectivity index (χ1v) is 6.81. The van der Waals surface area contributed by atoms with Gasteiger partial charge in [-0.1, -0.05) is 24.2 Å². The average molecular weight is 276 g/mol. The van der Waals surface area contributed by atoms with Crippen molar-refractivity contribution >= 4 is 11.6 Å². The largest absolute Gasteiger partial charge is 0.497 e. The van der Waals surface area contributed by atoms with Gasteiger partial charge < -0.3 is 14.9 Å². The molecule has 2 rings (SSSR count). The number of benzene rings is 1. The number of carbonyl (C=O) groups excluding carboxylic acids is 1. The summed E-state index contributed by atoms with van der Waals surface area (Å²) in [6.07, 6.45) is 0.836. The molecule has 108 valence electrons. The number of amides is 1. The second-order valence-corrected chi connectivity index (χ2v) is 4.89. The number of hydrogen-bond donors (Lipinski definition) is 1. The topological polar surface area (TPSA) is 59.9 Å². The molecule has 0 aromatic heterocycles. The maximum atomic E-state index is 12.0. The molecule has 0 aliphatic carbocycles. The molecule has 1 heterocycles. The van der Waals surface area contributed by atoms with Gasteiger partial charge in [0.1, 0.15) is 5.75 Å². The van der Waals surface area contributed by atoms with Crippen LogP contribution in [0.5, 0.6) is 5.75 Å². The van der Waals surface area contributed by atoms with E-state index in [9.17, 15) is 4.79 Å². The fourth-order valence-electron chi connectivity index (χ4n) is 1.93. The second kappa shape index (κ2) is 6.41. The lowest BCUT2D eigenvalue weighted by Crippen LogP contribution is -2.39. The molecular weight excluding hydrogens is 256 g/mol. The zero-order valence-electron chi connectivity index (χ0n) is 12.1. The third kappa shape index (κ3) is 3.29. The van der Waals surface area contributed by atoms with Crippen LogP contribution < -0.4 is 10.1 Å². The first-order chi connectivity index (χ1) is 9.63. The Bertz CT molecular complexity index is 514. The fourth-order valence-corrected chi connectivity index (χ4v) is 1.93. The van der Waals surface area contributed by atoms with Gasteiger partial charge >= 0.3 is 0 Å². The molecule has 1 aliphatic heterocycles. The predicted molar refractivity (Wildman–Crippen MR) is 76.9 cm³/mol. The minimum Gasteiger partial charge on any atom is -0.497 e. The lowest BCUT2D eigenvalue weighted by molar-refractivity contribution is -0.131. The summed E-state index contributed by atoms with van der Waals surface area (Å²) in [5.41, 5.74) is 1.69. The van der Waals surface area contributed by atoms with Gasteiger partial charge in [-0.3, -0.25) is 4.79 Å². The fraction of sp³-hybridized carbons (Fsp3) is 0.467. The highest BCUT2D eigenvalue weighted by Crippen LogP contribution is 2.20. The number of ether oxygens (including phenoxy) is 1. The highest BCUT2D eigenvalue weighted by atomic mass is 16.6. The molecule has 5 heteroatoms. The molecule has 1 aliphatic rings. The van der Waals surface area contributed by atoms with Crippen molar-refractivity contribution in [1.29, 1.82) is 0 Å². The van der Waals surface area contributed by atoms with Crippen molar-refractivity contribution in [1.82, 2.24) is 5.32 Å². The Balaban J connectivity index is 1.99. The number of nitrogens with zero attached hydrogens (tertiary/aromatic N) is 1. The van der Waals surface area contributed by atoms with Crippen LogP contribution in [0.15, 0.2) is 29.4 Å². The minimum absolute atomic E-state index is 0.110. The van der Waals surface area contributed by atoms with E-state index in [-0.39, 0.29) is 11.9 Å². The first-order valence-electron chi connectivity index (χ1n) is 6.81. The van der Waals surface area contributed by atoms with Crippen molar-refractivity contribution in [2.24, 2.45) is 5.16 Å². The quantitative estimate of drug-likeness (QED) is 0.896. The van der Waals surface area contributed by atoms with Gasteiger partial charge in [0.15, 0.2) is 0 Å². The molecule has 1 N–H and O–H groups in total. The van der Waals surface area contributed by atoms with Crippen LogP contribution in [-0.2, 0) is 9.63 Å². The van der Waals surface area contributed by atoms with Gasteiger partial charge in [0.25, 0.3) is 5.91 Å². The van der Waals surface area contributed by atoms with Gasteiger partial charge in [-0.15, -0.1) is 0 Å². The molecule has 0 saturated heterocycles.